The number of hydrogen-bond acceptors (Lipinski definition) is 2. The second-order valence-electron chi connectivity index (χ2n) is 4.23. The lowest BCUT2D eigenvalue weighted by Gasteiger charge is -2.22. The highest BCUT2D eigenvalue weighted by molar-refractivity contribution is 8.09. The molecular weight excluding hydrogens is 222 g/mol. The minimum Gasteiger partial charge on any atom is -0.244 e. The van der Waals surface area contributed by atoms with Gasteiger partial charge in [0.2, 0.25) is 0 Å². The molecular formula is C10H18F2S2. The Balaban J connectivity index is 2.60. The number of hydrogen-bond donors (Lipinski definition) is 1. The molecule has 0 saturated heterocycles. The van der Waals surface area contributed by atoms with Crippen molar-refractivity contribution in [3.05, 3.63) is 0 Å². The van der Waals surface area contributed by atoms with Crippen LogP contribution in [-0.2, 0) is 0 Å². The van der Waals surface area contributed by atoms with Crippen molar-refractivity contribution in [1.29, 1.82) is 0 Å². The van der Waals surface area contributed by atoms with Crippen LogP contribution in [0.4, 0.5) is 8.78 Å². The maximum absolute atomic E-state index is 13.3. The average molecular weight is 240 g/mol. The van der Waals surface area contributed by atoms with Crippen LogP contribution in [0, 0.1) is 11.8 Å². The summed E-state index contributed by atoms with van der Waals surface area (Å²) in [6.07, 6.45) is 1.01. The van der Waals surface area contributed by atoms with Crippen LogP contribution in [-0.4, -0.2) is 23.2 Å². The molecule has 5 atom stereocenters. The molecule has 0 aromatic carbocycles. The molecule has 1 aliphatic carbocycles. The molecule has 0 nitrogen and oxygen atoms in total. The van der Waals surface area contributed by atoms with Crippen molar-refractivity contribution in [1.82, 2.24) is 0 Å². The van der Waals surface area contributed by atoms with Gasteiger partial charge >= 0.3 is 0 Å². The number of rotatable bonds is 2. The number of alkyl halides is 2. The van der Waals surface area contributed by atoms with Gasteiger partial charge < -0.3 is 0 Å². The Kier molecular flexibility index (Phi) is 5.04. The first-order valence-corrected chi connectivity index (χ1v) is 6.84. The fourth-order valence-electron chi connectivity index (χ4n) is 2.10. The van der Waals surface area contributed by atoms with E-state index in [4.69, 9.17) is 0 Å². The van der Waals surface area contributed by atoms with E-state index in [1.165, 1.54) is 0 Å². The molecule has 0 aromatic heterocycles. The van der Waals surface area contributed by atoms with Crippen molar-refractivity contribution in [3.63, 3.8) is 0 Å². The normalized spacial score (nSPS) is 41.8. The zero-order valence-corrected chi connectivity index (χ0v) is 10.3. The minimum absolute atomic E-state index is 0.140. The van der Waals surface area contributed by atoms with Crippen molar-refractivity contribution in [2.24, 2.45) is 11.8 Å². The summed E-state index contributed by atoms with van der Waals surface area (Å²) in [5.41, 5.74) is 0. The summed E-state index contributed by atoms with van der Waals surface area (Å²) >= 11 is 6.03. The van der Waals surface area contributed by atoms with Crippen molar-refractivity contribution >= 4 is 24.4 Å². The summed E-state index contributed by atoms with van der Waals surface area (Å²) in [5, 5.41) is 0. The van der Waals surface area contributed by atoms with Gasteiger partial charge in [0.15, 0.2) is 0 Å². The van der Waals surface area contributed by atoms with Crippen LogP contribution in [0.25, 0.3) is 0 Å². The largest absolute Gasteiger partial charge is 0.244 e. The zero-order chi connectivity index (χ0) is 10.7. The molecule has 0 bridgehead atoms. The molecule has 0 N–H and O–H groups in total. The quantitative estimate of drug-likeness (QED) is 0.436. The molecule has 1 saturated carbocycles. The molecule has 1 aliphatic rings. The first-order valence-electron chi connectivity index (χ1n) is 5.03. The Labute approximate surface area is 94.6 Å². The number of thioether (sulfide) groups is 1. The molecule has 1 rings (SSSR count). The van der Waals surface area contributed by atoms with Crippen LogP contribution in [0.1, 0.15) is 26.2 Å². The molecule has 5 unspecified atom stereocenters. The van der Waals surface area contributed by atoms with Crippen LogP contribution in [0.2, 0.25) is 0 Å². The highest BCUT2D eigenvalue weighted by atomic mass is 32.2. The van der Waals surface area contributed by atoms with E-state index in [-0.39, 0.29) is 16.4 Å². The van der Waals surface area contributed by atoms with Crippen LogP contribution < -0.4 is 0 Å². The summed E-state index contributed by atoms with van der Waals surface area (Å²) in [6, 6.07) is 0. The fourth-order valence-corrected chi connectivity index (χ4v) is 2.95. The number of thiol groups is 1. The van der Waals surface area contributed by atoms with Crippen LogP contribution in [0.5, 0.6) is 0 Å². The molecule has 84 valence electrons. The molecule has 14 heavy (non-hydrogen) atoms. The Morgan fingerprint density at radius 3 is 2.36 bits per heavy atom. The van der Waals surface area contributed by atoms with E-state index in [2.05, 4.69) is 12.6 Å². The van der Waals surface area contributed by atoms with Crippen LogP contribution >= 0.6 is 24.4 Å². The van der Waals surface area contributed by atoms with E-state index < -0.39 is 12.3 Å². The SMILES string of the molecule is CSC(S)C1CC(C)CC(F)C(F)C1. The van der Waals surface area contributed by atoms with Gasteiger partial charge in [0.1, 0.15) is 12.3 Å². The third-order valence-electron chi connectivity index (χ3n) is 2.90. The second kappa shape index (κ2) is 5.59. The van der Waals surface area contributed by atoms with Gasteiger partial charge in [0.25, 0.3) is 0 Å². The standard InChI is InChI=1S/C10H18F2S2/c1-6-3-7(10(13)14-2)5-9(12)8(11)4-6/h6-10,13H,3-5H2,1-2H3. The van der Waals surface area contributed by atoms with Crippen molar-refractivity contribution < 1.29 is 8.78 Å². The van der Waals surface area contributed by atoms with Gasteiger partial charge in [0.05, 0.1) is 0 Å². The van der Waals surface area contributed by atoms with Crippen molar-refractivity contribution in [2.75, 3.05) is 6.26 Å². The minimum atomic E-state index is -1.29. The van der Waals surface area contributed by atoms with Gasteiger partial charge in [-0.15, -0.1) is 0 Å². The van der Waals surface area contributed by atoms with E-state index in [0.29, 0.717) is 12.8 Å². The molecule has 0 radical (unpaired) electrons. The maximum atomic E-state index is 13.3. The smallest absolute Gasteiger partial charge is 0.131 e. The summed E-state index contributed by atoms with van der Waals surface area (Å²) in [5.74, 6) is 0.483. The lowest BCUT2D eigenvalue weighted by atomic mass is 9.96. The van der Waals surface area contributed by atoms with Gasteiger partial charge in [-0.25, -0.2) is 8.78 Å². The summed E-state index contributed by atoms with van der Waals surface area (Å²) < 4.78 is 26.7. The third-order valence-corrected chi connectivity index (χ3v) is 4.82. The van der Waals surface area contributed by atoms with E-state index in [9.17, 15) is 8.78 Å². The fraction of sp³-hybridized carbons (Fsp3) is 1.00. The van der Waals surface area contributed by atoms with Gasteiger partial charge in [0, 0.05) is 4.58 Å². The predicted octanol–water partition coefficient (Wildman–Crippen LogP) is 3.72. The predicted molar refractivity (Wildman–Crippen MR) is 62.6 cm³/mol. The zero-order valence-electron chi connectivity index (χ0n) is 8.62. The van der Waals surface area contributed by atoms with Gasteiger partial charge in [-0.05, 0) is 37.4 Å². The highest BCUT2D eigenvalue weighted by Crippen LogP contribution is 2.37. The Hall–Kier alpha value is 0.560. The van der Waals surface area contributed by atoms with Crippen LogP contribution in [0.3, 0.4) is 0 Å². The van der Waals surface area contributed by atoms with Gasteiger partial charge in [-0.2, -0.15) is 24.4 Å². The molecule has 4 heteroatoms. The first-order chi connectivity index (χ1) is 6.54. The molecule has 0 amide bonds. The Morgan fingerprint density at radius 1 is 1.21 bits per heavy atom. The molecule has 0 spiro atoms. The summed E-state index contributed by atoms with van der Waals surface area (Å²) in [7, 11) is 0. The third kappa shape index (κ3) is 3.30. The summed E-state index contributed by atoms with van der Waals surface area (Å²) in [4.78, 5) is 0. The van der Waals surface area contributed by atoms with Gasteiger partial charge in [-0.3, -0.25) is 0 Å². The highest BCUT2D eigenvalue weighted by Gasteiger charge is 2.33. The maximum Gasteiger partial charge on any atom is 0.131 e. The van der Waals surface area contributed by atoms with E-state index in [1.807, 2.05) is 13.2 Å². The molecule has 0 heterocycles. The number of halogens is 2. The van der Waals surface area contributed by atoms with Gasteiger partial charge in [-0.1, -0.05) is 6.92 Å². The van der Waals surface area contributed by atoms with Crippen molar-refractivity contribution in [3.8, 4) is 0 Å². The molecule has 1 fully saturated rings. The second-order valence-corrected chi connectivity index (χ2v) is 6.12. The summed E-state index contributed by atoms with van der Waals surface area (Å²) in [6.45, 7) is 2.00. The monoisotopic (exact) mass is 240 g/mol. The molecule has 0 aliphatic heterocycles. The lowest BCUT2D eigenvalue weighted by molar-refractivity contribution is 0.145. The Bertz CT molecular complexity index is 178. The Morgan fingerprint density at radius 2 is 1.79 bits per heavy atom. The first kappa shape index (κ1) is 12.6. The van der Waals surface area contributed by atoms with Crippen molar-refractivity contribution in [2.45, 2.75) is 43.1 Å². The topological polar surface area (TPSA) is 0 Å². The van der Waals surface area contributed by atoms with E-state index >= 15 is 0 Å². The van der Waals surface area contributed by atoms with Crippen LogP contribution in [0.15, 0.2) is 0 Å². The average Bonchev–Trinajstić information content (AvgIpc) is 2.25. The van der Waals surface area contributed by atoms with E-state index in [1.54, 1.807) is 11.8 Å². The van der Waals surface area contributed by atoms with E-state index in [0.717, 1.165) is 6.42 Å². The lowest BCUT2D eigenvalue weighted by Crippen LogP contribution is -2.20. The molecule has 0 aromatic rings.